The van der Waals surface area contributed by atoms with Crippen molar-refractivity contribution in [2.45, 2.75) is 38.8 Å². The van der Waals surface area contributed by atoms with Crippen LogP contribution in [0.2, 0.25) is 0 Å². The maximum Gasteiger partial charge on any atom is 0.282 e. The molecule has 0 bridgehead atoms. The van der Waals surface area contributed by atoms with Crippen LogP contribution in [-0.4, -0.2) is 29.6 Å². The molecule has 1 aliphatic carbocycles. The fourth-order valence-corrected chi connectivity index (χ4v) is 2.78. The summed E-state index contributed by atoms with van der Waals surface area (Å²) in [7, 11) is 1.65. The van der Waals surface area contributed by atoms with Gasteiger partial charge >= 0.3 is 0 Å². The number of hydrogen-bond donors (Lipinski definition) is 1. The highest BCUT2D eigenvalue weighted by molar-refractivity contribution is 5.98. The van der Waals surface area contributed by atoms with E-state index in [9.17, 15) is 14.9 Å². The van der Waals surface area contributed by atoms with E-state index in [1.54, 1.807) is 19.2 Å². The summed E-state index contributed by atoms with van der Waals surface area (Å²) in [6.45, 7) is 6.04. The number of methoxy groups -OCH3 is 1. The Balaban J connectivity index is 2.16. The molecule has 0 heterocycles. The molecule has 0 radical (unpaired) electrons. The minimum absolute atomic E-state index is 0.0743. The van der Waals surface area contributed by atoms with E-state index in [-0.39, 0.29) is 28.3 Å². The maximum atomic E-state index is 12.3. The lowest BCUT2D eigenvalue weighted by Crippen LogP contribution is -2.68. The number of ether oxygens (including phenoxy) is 1. The Labute approximate surface area is 123 Å². The van der Waals surface area contributed by atoms with Gasteiger partial charge in [-0.2, -0.15) is 0 Å². The van der Waals surface area contributed by atoms with Crippen LogP contribution in [0.4, 0.5) is 5.69 Å². The SMILES string of the molecule is CO[C@@]1(C)C[C@@H](NC(=O)c2ccccc2[N+](=O)[O-])C1(C)C. The lowest BCUT2D eigenvalue weighted by atomic mass is 9.56. The molecule has 2 rings (SSSR count). The van der Waals surface area contributed by atoms with Crippen LogP contribution in [0.15, 0.2) is 24.3 Å². The zero-order chi connectivity index (χ0) is 15.8. The summed E-state index contributed by atoms with van der Waals surface area (Å²) in [6, 6.07) is 5.89. The van der Waals surface area contributed by atoms with Crippen LogP contribution in [0.5, 0.6) is 0 Å². The van der Waals surface area contributed by atoms with Crippen LogP contribution < -0.4 is 5.32 Å². The van der Waals surface area contributed by atoms with Gasteiger partial charge in [0, 0.05) is 24.6 Å². The second-order valence-corrected chi connectivity index (χ2v) is 6.16. The third kappa shape index (κ3) is 2.40. The first-order valence-electron chi connectivity index (χ1n) is 6.82. The second-order valence-electron chi connectivity index (χ2n) is 6.16. The summed E-state index contributed by atoms with van der Waals surface area (Å²) in [5.74, 6) is -0.418. The van der Waals surface area contributed by atoms with E-state index in [4.69, 9.17) is 4.74 Å². The minimum Gasteiger partial charge on any atom is -0.378 e. The zero-order valence-corrected chi connectivity index (χ0v) is 12.7. The molecule has 6 heteroatoms. The molecule has 1 saturated carbocycles. The Bertz CT molecular complexity index is 585. The Morgan fingerprint density at radius 3 is 2.52 bits per heavy atom. The van der Waals surface area contributed by atoms with Gasteiger partial charge in [-0.3, -0.25) is 14.9 Å². The van der Waals surface area contributed by atoms with Gasteiger partial charge in [0.1, 0.15) is 5.56 Å². The summed E-state index contributed by atoms with van der Waals surface area (Å²) in [5, 5.41) is 13.9. The normalized spacial score (nSPS) is 26.8. The van der Waals surface area contributed by atoms with Crippen molar-refractivity contribution in [1.82, 2.24) is 5.32 Å². The van der Waals surface area contributed by atoms with Gasteiger partial charge in [0.25, 0.3) is 11.6 Å². The summed E-state index contributed by atoms with van der Waals surface area (Å²) < 4.78 is 5.51. The molecule has 1 amide bonds. The van der Waals surface area contributed by atoms with E-state index in [1.807, 2.05) is 20.8 Å². The van der Waals surface area contributed by atoms with Crippen molar-refractivity contribution in [3.8, 4) is 0 Å². The standard InChI is InChI=1S/C15H20N2O4/c1-14(2)12(9-15(14,3)21-4)16-13(18)10-7-5-6-8-11(10)17(19)20/h5-8,12H,9H2,1-4H3,(H,16,18)/t12-,15+/m1/s1. The second kappa shape index (κ2) is 5.11. The number of carbonyl (C=O) groups is 1. The molecule has 6 nitrogen and oxygen atoms in total. The van der Waals surface area contributed by atoms with Crippen molar-refractivity contribution in [3.05, 3.63) is 39.9 Å². The molecule has 0 spiro atoms. The van der Waals surface area contributed by atoms with Crippen molar-refractivity contribution in [2.75, 3.05) is 7.11 Å². The van der Waals surface area contributed by atoms with E-state index in [2.05, 4.69) is 5.32 Å². The van der Waals surface area contributed by atoms with Crippen LogP contribution in [0.3, 0.4) is 0 Å². The Hall–Kier alpha value is -1.95. The van der Waals surface area contributed by atoms with Crippen molar-refractivity contribution in [2.24, 2.45) is 5.41 Å². The van der Waals surface area contributed by atoms with Gasteiger partial charge in [0.15, 0.2) is 0 Å². The number of benzene rings is 1. The highest BCUT2D eigenvalue weighted by Gasteiger charge is 2.58. The largest absolute Gasteiger partial charge is 0.378 e. The zero-order valence-electron chi connectivity index (χ0n) is 12.7. The number of amides is 1. The first-order chi connectivity index (χ1) is 9.73. The van der Waals surface area contributed by atoms with E-state index < -0.39 is 10.8 Å². The number of hydrogen-bond acceptors (Lipinski definition) is 4. The van der Waals surface area contributed by atoms with Gasteiger partial charge in [0.05, 0.1) is 10.5 Å². The molecule has 1 aromatic rings. The van der Waals surface area contributed by atoms with Crippen molar-refractivity contribution in [1.29, 1.82) is 0 Å². The highest BCUT2D eigenvalue weighted by Crippen LogP contribution is 2.51. The van der Waals surface area contributed by atoms with Crippen LogP contribution in [0, 0.1) is 15.5 Å². The number of rotatable bonds is 4. The average Bonchev–Trinajstić information content (AvgIpc) is 2.46. The summed E-state index contributed by atoms with van der Waals surface area (Å²) >= 11 is 0. The van der Waals surface area contributed by atoms with Crippen molar-refractivity contribution >= 4 is 11.6 Å². The number of nitrogens with zero attached hydrogens (tertiary/aromatic N) is 1. The van der Waals surface area contributed by atoms with Crippen LogP contribution in [0.1, 0.15) is 37.6 Å². The molecule has 0 saturated heterocycles. The average molecular weight is 292 g/mol. The third-order valence-electron chi connectivity index (χ3n) is 4.93. The molecular formula is C15H20N2O4. The predicted octanol–water partition coefficient (Wildman–Crippen LogP) is 2.53. The van der Waals surface area contributed by atoms with Gasteiger partial charge in [-0.25, -0.2) is 0 Å². The minimum atomic E-state index is -0.542. The predicted molar refractivity (Wildman–Crippen MR) is 78.2 cm³/mol. The van der Waals surface area contributed by atoms with E-state index in [0.29, 0.717) is 6.42 Å². The van der Waals surface area contributed by atoms with Crippen molar-refractivity contribution < 1.29 is 14.5 Å². The molecule has 2 atom stereocenters. The molecule has 0 unspecified atom stereocenters. The lowest BCUT2D eigenvalue weighted by Gasteiger charge is -2.59. The number of nitrogens with one attached hydrogen (secondary N) is 1. The summed E-state index contributed by atoms with van der Waals surface area (Å²) in [6.07, 6.45) is 0.683. The van der Waals surface area contributed by atoms with Gasteiger partial charge in [-0.05, 0) is 19.4 Å². The van der Waals surface area contributed by atoms with E-state index in [0.717, 1.165) is 0 Å². The number of carbonyl (C=O) groups excluding carboxylic acids is 1. The smallest absolute Gasteiger partial charge is 0.282 e. The number of nitro groups is 1. The van der Waals surface area contributed by atoms with Gasteiger partial charge < -0.3 is 10.1 Å². The maximum absolute atomic E-state index is 12.3. The van der Waals surface area contributed by atoms with Crippen LogP contribution in [0.25, 0.3) is 0 Å². The molecule has 21 heavy (non-hydrogen) atoms. The van der Waals surface area contributed by atoms with E-state index in [1.165, 1.54) is 12.1 Å². The Morgan fingerprint density at radius 2 is 2.00 bits per heavy atom. The third-order valence-corrected chi connectivity index (χ3v) is 4.93. The van der Waals surface area contributed by atoms with Gasteiger partial charge in [-0.1, -0.05) is 26.0 Å². The molecule has 114 valence electrons. The molecular weight excluding hydrogens is 272 g/mol. The number of nitro benzene ring substituents is 1. The van der Waals surface area contributed by atoms with E-state index >= 15 is 0 Å². The lowest BCUT2D eigenvalue weighted by molar-refractivity contribution is -0.385. The highest BCUT2D eigenvalue weighted by atomic mass is 16.6. The summed E-state index contributed by atoms with van der Waals surface area (Å²) in [5.41, 5.74) is -0.625. The quantitative estimate of drug-likeness (QED) is 0.683. The van der Waals surface area contributed by atoms with Gasteiger partial charge in [0.2, 0.25) is 0 Å². The topological polar surface area (TPSA) is 81.5 Å². The Morgan fingerprint density at radius 1 is 1.38 bits per heavy atom. The molecule has 1 aromatic carbocycles. The molecule has 0 aromatic heterocycles. The summed E-state index contributed by atoms with van der Waals surface area (Å²) in [4.78, 5) is 22.7. The molecule has 1 N–H and O–H groups in total. The van der Waals surface area contributed by atoms with Crippen LogP contribution >= 0.6 is 0 Å². The molecule has 1 fully saturated rings. The van der Waals surface area contributed by atoms with Crippen molar-refractivity contribution in [3.63, 3.8) is 0 Å². The van der Waals surface area contributed by atoms with Crippen LogP contribution in [-0.2, 0) is 4.74 Å². The first kappa shape index (κ1) is 15.4. The first-order valence-corrected chi connectivity index (χ1v) is 6.82. The fourth-order valence-electron chi connectivity index (χ4n) is 2.78. The monoisotopic (exact) mass is 292 g/mol. The molecule has 1 aliphatic rings. The fraction of sp³-hybridized carbons (Fsp3) is 0.533. The Kier molecular flexibility index (Phi) is 3.76. The molecule has 0 aliphatic heterocycles. The number of para-hydroxylation sites is 1. The van der Waals surface area contributed by atoms with Gasteiger partial charge in [-0.15, -0.1) is 0 Å².